The van der Waals surface area contributed by atoms with E-state index in [-0.39, 0.29) is 34.8 Å². The Balaban J connectivity index is 1.47. The van der Waals surface area contributed by atoms with E-state index in [0.29, 0.717) is 19.4 Å². The molecule has 28 heavy (non-hydrogen) atoms. The van der Waals surface area contributed by atoms with Gasteiger partial charge in [-0.1, -0.05) is 11.6 Å². The lowest BCUT2D eigenvalue weighted by Gasteiger charge is -2.30. The summed E-state index contributed by atoms with van der Waals surface area (Å²) in [5.41, 5.74) is 0. The van der Waals surface area contributed by atoms with Crippen LogP contribution < -0.4 is 5.32 Å². The van der Waals surface area contributed by atoms with Gasteiger partial charge in [-0.15, -0.1) is 0 Å². The van der Waals surface area contributed by atoms with Crippen LogP contribution in [0.1, 0.15) is 19.3 Å². The van der Waals surface area contributed by atoms with Crippen molar-refractivity contribution in [3.63, 3.8) is 0 Å². The summed E-state index contributed by atoms with van der Waals surface area (Å²) in [6.07, 6.45) is 6.99. The standard InChI is InChI=1S/C18H22ClFN4O3S/c19-16-12-15(2-3-17(16)20)28(26,27)24-9-4-14(5-10-24)18(25)22-6-1-8-23-11-7-21-13-23/h2-3,7,11-14H,1,4-6,8-10H2,(H,22,25). The van der Waals surface area contributed by atoms with Gasteiger partial charge in [0, 0.05) is 44.5 Å². The summed E-state index contributed by atoms with van der Waals surface area (Å²) in [6, 6.07) is 3.36. The quantitative estimate of drug-likeness (QED) is 0.686. The molecule has 0 spiro atoms. The van der Waals surface area contributed by atoms with Crippen LogP contribution in [0.15, 0.2) is 41.8 Å². The third-order valence-corrected chi connectivity index (χ3v) is 6.99. The van der Waals surface area contributed by atoms with Crippen LogP contribution >= 0.6 is 11.6 Å². The number of nitrogens with one attached hydrogen (secondary N) is 1. The van der Waals surface area contributed by atoms with Gasteiger partial charge in [-0.05, 0) is 37.5 Å². The lowest BCUT2D eigenvalue weighted by atomic mass is 9.97. The monoisotopic (exact) mass is 428 g/mol. The first-order valence-corrected chi connectivity index (χ1v) is 10.9. The Labute approximate surface area is 168 Å². The van der Waals surface area contributed by atoms with Gasteiger partial charge < -0.3 is 9.88 Å². The largest absolute Gasteiger partial charge is 0.356 e. The summed E-state index contributed by atoms with van der Waals surface area (Å²) in [7, 11) is -3.75. The first kappa shape index (κ1) is 20.8. The van der Waals surface area contributed by atoms with Gasteiger partial charge in [-0.2, -0.15) is 4.31 Å². The number of hydrogen-bond acceptors (Lipinski definition) is 4. The molecule has 0 atom stereocenters. The van der Waals surface area contributed by atoms with E-state index in [4.69, 9.17) is 11.6 Å². The Morgan fingerprint density at radius 2 is 2.07 bits per heavy atom. The smallest absolute Gasteiger partial charge is 0.243 e. The van der Waals surface area contributed by atoms with Crippen LogP contribution in [0.25, 0.3) is 0 Å². The van der Waals surface area contributed by atoms with E-state index >= 15 is 0 Å². The highest BCUT2D eigenvalue weighted by molar-refractivity contribution is 7.89. The third kappa shape index (κ3) is 4.89. The van der Waals surface area contributed by atoms with E-state index in [1.54, 1.807) is 12.5 Å². The second-order valence-electron chi connectivity index (χ2n) is 6.70. The minimum atomic E-state index is -3.75. The van der Waals surface area contributed by atoms with Crippen molar-refractivity contribution < 1.29 is 17.6 Å². The van der Waals surface area contributed by atoms with Crippen molar-refractivity contribution >= 4 is 27.5 Å². The van der Waals surface area contributed by atoms with Crippen LogP contribution in [0.4, 0.5) is 4.39 Å². The maximum atomic E-state index is 13.3. The zero-order chi connectivity index (χ0) is 20.1. The molecule has 1 aliphatic heterocycles. The van der Waals surface area contributed by atoms with Crippen molar-refractivity contribution in [3.8, 4) is 0 Å². The Hall–Kier alpha value is -1.97. The molecule has 1 N–H and O–H groups in total. The Kier molecular flexibility index (Phi) is 6.69. The van der Waals surface area contributed by atoms with E-state index < -0.39 is 15.8 Å². The number of hydrogen-bond donors (Lipinski definition) is 1. The number of aromatic nitrogens is 2. The average molecular weight is 429 g/mol. The summed E-state index contributed by atoms with van der Waals surface area (Å²) in [6.45, 7) is 1.82. The van der Waals surface area contributed by atoms with Crippen LogP contribution in [-0.2, 0) is 21.4 Å². The highest BCUT2D eigenvalue weighted by atomic mass is 35.5. The van der Waals surface area contributed by atoms with Crippen molar-refractivity contribution in [2.45, 2.75) is 30.7 Å². The molecule has 152 valence electrons. The van der Waals surface area contributed by atoms with Gasteiger partial charge in [0.05, 0.1) is 16.2 Å². The Bertz CT molecular complexity index is 913. The zero-order valence-corrected chi connectivity index (χ0v) is 16.8. The molecule has 0 unspecified atom stereocenters. The molecule has 2 heterocycles. The summed E-state index contributed by atoms with van der Waals surface area (Å²) in [4.78, 5) is 16.2. The molecule has 7 nitrogen and oxygen atoms in total. The molecular formula is C18H22ClFN4O3S. The maximum absolute atomic E-state index is 13.3. The first-order valence-electron chi connectivity index (χ1n) is 9.06. The van der Waals surface area contributed by atoms with Gasteiger partial charge in [-0.25, -0.2) is 17.8 Å². The number of rotatable bonds is 7. The van der Waals surface area contributed by atoms with Gasteiger partial charge in [0.15, 0.2) is 0 Å². The van der Waals surface area contributed by atoms with Crippen molar-refractivity contribution in [2.75, 3.05) is 19.6 Å². The fourth-order valence-electron chi connectivity index (χ4n) is 3.18. The van der Waals surface area contributed by atoms with Gasteiger partial charge in [0.25, 0.3) is 0 Å². The van der Waals surface area contributed by atoms with Gasteiger partial charge in [-0.3, -0.25) is 4.79 Å². The van der Waals surface area contributed by atoms with Crippen LogP contribution in [-0.4, -0.2) is 47.8 Å². The highest BCUT2D eigenvalue weighted by Gasteiger charge is 2.32. The predicted octanol–water partition coefficient (Wildman–Crippen LogP) is 2.28. The number of aryl methyl sites for hydroxylation is 1. The highest BCUT2D eigenvalue weighted by Crippen LogP contribution is 2.26. The average Bonchev–Trinajstić information content (AvgIpc) is 3.20. The summed E-state index contributed by atoms with van der Waals surface area (Å²) in [5.74, 6) is -0.923. The van der Waals surface area contributed by atoms with E-state index in [1.807, 2.05) is 10.8 Å². The third-order valence-electron chi connectivity index (χ3n) is 4.81. The van der Waals surface area contributed by atoms with Crippen LogP contribution in [0.2, 0.25) is 5.02 Å². The molecule has 0 saturated carbocycles. The van der Waals surface area contributed by atoms with Gasteiger partial charge >= 0.3 is 0 Å². The van der Waals surface area contributed by atoms with Crippen molar-refractivity contribution in [3.05, 3.63) is 47.8 Å². The maximum Gasteiger partial charge on any atom is 0.243 e. The number of sulfonamides is 1. The number of carbonyl (C=O) groups excluding carboxylic acids is 1. The van der Waals surface area contributed by atoms with Crippen LogP contribution in [0.3, 0.4) is 0 Å². The molecule has 1 aliphatic rings. The Morgan fingerprint density at radius 1 is 1.32 bits per heavy atom. The molecule has 0 aliphatic carbocycles. The predicted molar refractivity (Wildman–Crippen MR) is 103 cm³/mol. The molecule has 0 bridgehead atoms. The lowest BCUT2D eigenvalue weighted by Crippen LogP contribution is -2.43. The second kappa shape index (κ2) is 9.02. The molecule has 1 aromatic carbocycles. The summed E-state index contributed by atoms with van der Waals surface area (Å²) < 4.78 is 41.9. The zero-order valence-electron chi connectivity index (χ0n) is 15.2. The van der Waals surface area contributed by atoms with Crippen LogP contribution in [0, 0.1) is 11.7 Å². The molecule has 1 amide bonds. The van der Waals surface area contributed by atoms with E-state index in [9.17, 15) is 17.6 Å². The minimum Gasteiger partial charge on any atom is -0.356 e. The molecule has 3 rings (SSSR count). The number of halogens is 2. The number of imidazole rings is 1. The van der Waals surface area contributed by atoms with Gasteiger partial charge in [0.1, 0.15) is 5.82 Å². The van der Waals surface area contributed by atoms with Crippen molar-refractivity contribution in [1.29, 1.82) is 0 Å². The summed E-state index contributed by atoms with van der Waals surface area (Å²) >= 11 is 5.70. The molecule has 2 aromatic rings. The lowest BCUT2D eigenvalue weighted by molar-refractivity contribution is -0.126. The van der Waals surface area contributed by atoms with E-state index in [1.165, 1.54) is 10.4 Å². The molecule has 0 radical (unpaired) electrons. The van der Waals surface area contributed by atoms with Crippen LogP contribution in [0.5, 0.6) is 0 Å². The second-order valence-corrected chi connectivity index (χ2v) is 9.04. The normalized spacial score (nSPS) is 16.2. The number of amides is 1. The Morgan fingerprint density at radius 3 is 2.71 bits per heavy atom. The number of benzene rings is 1. The molecule has 10 heteroatoms. The minimum absolute atomic E-state index is 0.0405. The number of piperidine rings is 1. The molecule has 1 fully saturated rings. The molecular weight excluding hydrogens is 407 g/mol. The van der Waals surface area contributed by atoms with Crippen molar-refractivity contribution in [2.24, 2.45) is 5.92 Å². The fraction of sp³-hybridized carbons (Fsp3) is 0.444. The van der Waals surface area contributed by atoms with Crippen molar-refractivity contribution in [1.82, 2.24) is 19.2 Å². The first-order chi connectivity index (χ1) is 13.4. The molecule has 1 saturated heterocycles. The molecule has 1 aromatic heterocycles. The van der Waals surface area contributed by atoms with Gasteiger partial charge in [0.2, 0.25) is 15.9 Å². The topological polar surface area (TPSA) is 84.3 Å². The summed E-state index contributed by atoms with van der Waals surface area (Å²) in [5, 5.41) is 2.68. The number of nitrogens with zero attached hydrogens (tertiary/aromatic N) is 3. The SMILES string of the molecule is O=C(NCCCn1ccnc1)C1CCN(S(=O)(=O)c2ccc(F)c(Cl)c2)CC1. The fourth-order valence-corrected chi connectivity index (χ4v) is 4.92. The van der Waals surface area contributed by atoms with E-state index in [0.717, 1.165) is 25.1 Å². The number of carbonyl (C=O) groups is 1. The van der Waals surface area contributed by atoms with E-state index in [2.05, 4.69) is 10.3 Å².